The van der Waals surface area contributed by atoms with Gasteiger partial charge in [0, 0.05) is 24.8 Å². The van der Waals surface area contributed by atoms with E-state index in [-0.39, 0.29) is 18.4 Å². The summed E-state index contributed by atoms with van der Waals surface area (Å²) in [7, 11) is 1.98. The van der Waals surface area contributed by atoms with Gasteiger partial charge in [0.25, 0.3) is 5.91 Å². The molecule has 1 fully saturated rings. The van der Waals surface area contributed by atoms with Gasteiger partial charge in [0.05, 0.1) is 17.6 Å². The monoisotopic (exact) mass is 392 g/mol. The second kappa shape index (κ2) is 8.05. The number of nitrogens with one attached hydrogen (secondary N) is 1. The van der Waals surface area contributed by atoms with E-state index in [1.165, 1.54) is 4.90 Å². The number of aromatic nitrogens is 2. The van der Waals surface area contributed by atoms with Crippen LogP contribution >= 0.6 is 0 Å². The van der Waals surface area contributed by atoms with Gasteiger partial charge in [-0.2, -0.15) is 0 Å². The summed E-state index contributed by atoms with van der Waals surface area (Å²) >= 11 is 0. The summed E-state index contributed by atoms with van der Waals surface area (Å²) in [6.45, 7) is 0.442. The highest BCUT2D eigenvalue weighted by Crippen LogP contribution is 2.24. The zero-order chi connectivity index (χ0) is 20.4. The van der Waals surface area contributed by atoms with Crippen LogP contribution in [0.5, 0.6) is 0 Å². The van der Waals surface area contributed by atoms with E-state index >= 15 is 0 Å². The summed E-state index contributed by atoms with van der Waals surface area (Å²) in [6.07, 6.45) is 1.04. The lowest BCUT2D eigenvalue weighted by Gasteiger charge is -2.21. The van der Waals surface area contributed by atoms with E-state index in [1.54, 1.807) is 0 Å². The topological polar surface area (TPSA) is 87.5 Å². The van der Waals surface area contributed by atoms with Gasteiger partial charge in [0.1, 0.15) is 11.9 Å². The van der Waals surface area contributed by atoms with E-state index in [9.17, 15) is 14.7 Å². The maximum absolute atomic E-state index is 12.4. The molecule has 7 heteroatoms. The molecule has 2 aromatic carbocycles. The summed E-state index contributed by atoms with van der Waals surface area (Å²) in [5, 5.41) is 12.6. The largest absolute Gasteiger partial charge is 0.383 e. The summed E-state index contributed by atoms with van der Waals surface area (Å²) < 4.78 is 2.04. The van der Waals surface area contributed by atoms with Crippen molar-refractivity contribution in [3.05, 3.63) is 48.5 Å². The Kier molecular flexibility index (Phi) is 5.31. The number of amides is 2. The minimum atomic E-state index is -1.00. The van der Waals surface area contributed by atoms with Crippen molar-refractivity contribution in [3.8, 4) is 11.4 Å². The van der Waals surface area contributed by atoms with E-state index in [2.05, 4.69) is 10.3 Å². The number of aryl methyl sites for hydroxylation is 1. The molecule has 1 atom stereocenters. The zero-order valence-corrected chi connectivity index (χ0v) is 16.3. The number of anilines is 1. The fourth-order valence-corrected chi connectivity index (χ4v) is 3.72. The molecule has 1 saturated heterocycles. The van der Waals surface area contributed by atoms with Gasteiger partial charge in [-0.25, -0.2) is 4.98 Å². The SMILES string of the molecule is Cn1c(-c2ccc(NC(=O)CN3CCCCC(O)C3=O)cc2)nc2ccccc21. The number of imidazole rings is 1. The molecule has 1 aliphatic heterocycles. The van der Waals surface area contributed by atoms with Crippen molar-refractivity contribution in [2.24, 2.45) is 7.05 Å². The first-order chi connectivity index (χ1) is 14.0. The van der Waals surface area contributed by atoms with Crippen LogP contribution in [-0.4, -0.2) is 50.6 Å². The summed E-state index contributed by atoms with van der Waals surface area (Å²) in [5.41, 5.74) is 3.60. The van der Waals surface area contributed by atoms with Crippen LogP contribution in [0.2, 0.25) is 0 Å². The van der Waals surface area contributed by atoms with Gasteiger partial charge >= 0.3 is 0 Å². The molecule has 0 spiro atoms. The van der Waals surface area contributed by atoms with Crippen molar-refractivity contribution < 1.29 is 14.7 Å². The maximum atomic E-state index is 12.4. The Balaban J connectivity index is 1.44. The third-order valence-corrected chi connectivity index (χ3v) is 5.30. The number of rotatable bonds is 4. The molecule has 7 nitrogen and oxygen atoms in total. The number of carbonyl (C=O) groups excluding carboxylic acids is 2. The Morgan fingerprint density at radius 3 is 2.69 bits per heavy atom. The number of aliphatic hydroxyl groups excluding tert-OH is 1. The van der Waals surface area contributed by atoms with Gasteiger partial charge in [-0.1, -0.05) is 12.1 Å². The number of hydrogen-bond donors (Lipinski definition) is 2. The first kappa shape index (κ1) is 19.1. The average Bonchev–Trinajstić information content (AvgIpc) is 2.98. The molecule has 29 heavy (non-hydrogen) atoms. The second-order valence-corrected chi connectivity index (χ2v) is 7.38. The Labute approximate surface area is 169 Å². The van der Waals surface area contributed by atoms with E-state index in [1.807, 2.05) is 60.1 Å². The van der Waals surface area contributed by atoms with Gasteiger partial charge in [0.2, 0.25) is 5.91 Å². The standard InChI is InChI=1S/C22H24N4O3/c1-25-18-7-3-2-6-17(18)24-21(25)15-9-11-16(12-10-15)23-20(28)14-26-13-5-4-8-19(27)22(26)29/h2-3,6-7,9-12,19,27H,4-5,8,13-14H2,1H3,(H,23,28). The highest BCUT2D eigenvalue weighted by Gasteiger charge is 2.26. The van der Waals surface area contributed by atoms with Crippen LogP contribution in [0, 0.1) is 0 Å². The first-order valence-electron chi connectivity index (χ1n) is 9.81. The molecule has 4 rings (SSSR count). The number of aliphatic hydroxyl groups is 1. The maximum Gasteiger partial charge on any atom is 0.251 e. The normalized spacial score (nSPS) is 17.4. The molecule has 150 valence electrons. The van der Waals surface area contributed by atoms with Crippen molar-refractivity contribution in [2.75, 3.05) is 18.4 Å². The lowest BCUT2D eigenvalue weighted by Crippen LogP contribution is -2.42. The molecule has 0 radical (unpaired) electrons. The van der Waals surface area contributed by atoms with E-state index < -0.39 is 6.10 Å². The molecule has 0 bridgehead atoms. The summed E-state index contributed by atoms with van der Waals surface area (Å²) in [4.78, 5) is 30.6. The fourth-order valence-electron chi connectivity index (χ4n) is 3.72. The van der Waals surface area contributed by atoms with Crippen molar-refractivity contribution in [1.29, 1.82) is 0 Å². The minimum Gasteiger partial charge on any atom is -0.383 e. The van der Waals surface area contributed by atoms with E-state index in [0.29, 0.717) is 18.7 Å². The Bertz CT molecular complexity index is 1040. The van der Waals surface area contributed by atoms with Gasteiger partial charge in [-0.05, 0) is 55.7 Å². The molecule has 2 amide bonds. The quantitative estimate of drug-likeness (QED) is 0.714. The lowest BCUT2D eigenvalue weighted by molar-refractivity contribution is -0.141. The van der Waals surface area contributed by atoms with Gasteiger partial charge in [-0.15, -0.1) is 0 Å². The van der Waals surface area contributed by atoms with Crippen molar-refractivity contribution >= 4 is 28.5 Å². The number of para-hydroxylation sites is 2. The number of nitrogens with zero attached hydrogens (tertiary/aromatic N) is 3. The second-order valence-electron chi connectivity index (χ2n) is 7.38. The van der Waals surface area contributed by atoms with Crippen LogP contribution in [0.25, 0.3) is 22.4 Å². The first-order valence-corrected chi connectivity index (χ1v) is 9.81. The van der Waals surface area contributed by atoms with Crippen molar-refractivity contribution in [2.45, 2.75) is 25.4 Å². The van der Waals surface area contributed by atoms with Crippen LogP contribution in [0.4, 0.5) is 5.69 Å². The highest BCUT2D eigenvalue weighted by molar-refractivity contribution is 5.95. The number of carbonyl (C=O) groups is 2. The predicted molar refractivity (Wildman–Crippen MR) is 111 cm³/mol. The molecule has 2 N–H and O–H groups in total. The molecule has 1 unspecified atom stereocenters. The van der Waals surface area contributed by atoms with E-state index in [4.69, 9.17) is 0 Å². The van der Waals surface area contributed by atoms with Crippen LogP contribution in [-0.2, 0) is 16.6 Å². The molecule has 1 aromatic heterocycles. The molecular weight excluding hydrogens is 368 g/mol. The molecule has 1 aliphatic rings. The number of benzene rings is 2. The lowest BCUT2D eigenvalue weighted by atomic mass is 10.2. The van der Waals surface area contributed by atoms with Crippen molar-refractivity contribution in [3.63, 3.8) is 0 Å². The van der Waals surface area contributed by atoms with Crippen LogP contribution in [0.3, 0.4) is 0 Å². The smallest absolute Gasteiger partial charge is 0.251 e. The minimum absolute atomic E-state index is 0.0532. The highest BCUT2D eigenvalue weighted by atomic mass is 16.3. The van der Waals surface area contributed by atoms with Gasteiger partial charge in [-0.3, -0.25) is 9.59 Å². The van der Waals surface area contributed by atoms with E-state index in [0.717, 1.165) is 35.3 Å². The third kappa shape index (κ3) is 4.00. The Morgan fingerprint density at radius 2 is 1.93 bits per heavy atom. The number of likely N-dealkylation sites (tertiary alicyclic amines) is 1. The van der Waals surface area contributed by atoms with Crippen molar-refractivity contribution in [1.82, 2.24) is 14.5 Å². The number of fused-ring (bicyclic) bond motifs is 1. The molecule has 0 aliphatic carbocycles. The van der Waals surface area contributed by atoms with Crippen LogP contribution < -0.4 is 5.32 Å². The molecular formula is C22H24N4O3. The Hall–Kier alpha value is -3.19. The predicted octanol–water partition coefficient (Wildman–Crippen LogP) is 2.55. The van der Waals surface area contributed by atoms with Gasteiger partial charge < -0.3 is 19.9 Å². The molecule has 2 heterocycles. The summed E-state index contributed by atoms with van der Waals surface area (Å²) in [5.74, 6) is 0.214. The third-order valence-electron chi connectivity index (χ3n) is 5.30. The Morgan fingerprint density at radius 1 is 1.17 bits per heavy atom. The summed E-state index contributed by atoms with van der Waals surface area (Å²) in [6, 6.07) is 15.4. The van der Waals surface area contributed by atoms with Crippen LogP contribution in [0.15, 0.2) is 48.5 Å². The number of hydrogen-bond acceptors (Lipinski definition) is 4. The van der Waals surface area contributed by atoms with Gasteiger partial charge in [0.15, 0.2) is 0 Å². The van der Waals surface area contributed by atoms with Crippen LogP contribution in [0.1, 0.15) is 19.3 Å². The molecule has 0 saturated carbocycles. The molecule has 3 aromatic rings. The fraction of sp³-hybridized carbons (Fsp3) is 0.318. The average molecular weight is 392 g/mol. The zero-order valence-electron chi connectivity index (χ0n) is 16.3.